The van der Waals surface area contributed by atoms with Crippen LogP contribution in [0.25, 0.3) is 11.3 Å². The lowest BCUT2D eigenvalue weighted by Gasteiger charge is -2.15. The maximum atomic E-state index is 12.8. The fourth-order valence-electron chi connectivity index (χ4n) is 2.66. The minimum Gasteiger partial charge on any atom is -0.280 e. The van der Waals surface area contributed by atoms with E-state index in [9.17, 15) is 17.1 Å². The highest BCUT2D eigenvalue weighted by atomic mass is 79.9. The van der Waals surface area contributed by atoms with E-state index in [0.29, 0.717) is 5.69 Å². The van der Waals surface area contributed by atoms with Gasteiger partial charge in [0.2, 0.25) is 11.9 Å². The number of carbonyl (C=O) groups is 1. The summed E-state index contributed by atoms with van der Waals surface area (Å²) in [4.78, 5) is 21.9. The molecule has 0 saturated carbocycles. The van der Waals surface area contributed by atoms with Gasteiger partial charge in [-0.3, -0.25) is 9.69 Å². The second-order valence-corrected chi connectivity index (χ2v) is 7.86. The highest BCUT2D eigenvalue weighted by molar-refractivity contribution is 9.10. The van der Waals surface area contributed by atoms with Crippen LogP contribution >= 0.6 is 15.9 Å². The predicted octanol–water partition coefficient (Wildman–Crippen LogP) is 2.56. The number of nitrogens with zero attached hydrogens (tertiary/aromatic N) is 3. The lowest BCUT2D eigenvalue weighted by Crippen LogP contribution is -2.27. The summed E-state index contributed by atoms with van der Waals surface area (Å²) in [6.45, 7) is 0.0872. The van der Waals surface area contributed by atoms with E-state index in [4.69, 9.17) is 0 Å². The quantitative estimate of drug-likeness (QED) is 0.719. The van der Waals surface area contributed by atoms with E-state index in [1.807, 2.05) is 24.3 Å². The molecule has 9 heteroatoms. The average Bonchev–Trinajstić information content (AvgIpc) is 2.86. The Hall–Kier alpha value is -1.87. The molecule has 1 aliphatic heterocycles. The molecule has 1 fully saturated rings. The molecule has 6 nitrogen and oxygen atoms in total. The molecule has 1 unspecified atom stereocenters. The molecule has 126 valence electrons. The van der Waals surface area contributed by atoms with Crippen LogP contribution < -0.4 is 4.90 Å². The van der Waals surface area contributed by atoms with Gasteiger partial charge >= 0.3 is 10.2 Å². The summed E-state index contributed by atoms with van der Waals surface area (Å²) in [6, 6.07) is 9.23. The molecule has 0 N–H and O–H groups in total. The van der Waals surface area contributed by atoms with Crippen molar-refractivity contribution in [3.05, 3.63) is 41.0 Å². The molecule has 2 heterocycles. The molecule has 0 radical (unpaired) electrons. The molecular weight excluding hydrogens is 401 g/mol. The van der Waals surface area contributed by atoms with Gasteiger partial charge in [0, 0.05) is 35.1 Å². The van der Waals surface area contributed by atoms with Gasteiger partial charge in [0.1, 0.15) is 0 Å². The second-order valence-electron chi connectivity index (χ2n) is 5.53. The first-order valence-electron chi connectivity index (χ1n) is 7.13. The highest BCUT2D eigenvalue weighted by Gasteiger charge is 2.35. The molecule has 0 aliphatic carbocycles. The van der Waals surface area contributed by atoms with Crippen LogP contribution in [0.4, 0.5) is 9.83 Å². The molecule has 1 atom stereocenters. The number of hydrogen-bond donors (Lipinski definition) is 0. The Kier molecular flexibility index (Phi) is 4.64. The van der Waals surface area contributed by atoms with E-state index in [0.717, 1.165) is 10.0 Å². The van der Waals surface area contributed by atoms with E-state index in [-0.39, 0.29) is 24.8 Å². The maximum Gasteiger partial charge on any atom is 0.302 e. The van der Waals surface area contributed by atoms with Gasteiger partial charge < -0.3 is 0 Å². The molecule has 0 bridgehead atoms. The van der Waals surface area contributed by atoms with Crippen LogP contribution in [0.15, 0.2) is 41.0 Å². The number of hydrogen-bond acceptors (Lipinski definition) is 5. The van der Waals surface area contributed by atoms with Gasteiger partial charge in [-0.05, 0) is 18.2 Å². The monoisotopic (exact) mass is 413 g/mol. The minimum absolute atomic E-state index is 0.0341. The molecule has 1 aromatic heterocycles. The molecule has 2 aromatic rings. The predicted molar refractivity (Wildman–Crippen MR) is 90.5 cm³/mol. The minimum atomic E-state index is -4.62. The van der Waals surface area contributed by atoms with Crippen LogP contribution in [0.2, 0.25) is 0 Å². The van der Waals surface area contributed by atoms with Crippen molar-refractivity contribution >= 4 is 38.0 Å². The van der Waals surface area contributed by atoms with Crippen molar-refractivity contribution in [2.75, 3.05) is 17.2 Å². The Morgan fingerprint density at radius 1 is 1.33 bits per heavy atom. The van der Waals surface area contributed by atoms with Crippen LogP contribution in [-0.4, -0.2) is 36.6 Å². The summed E-state index contributed by atoms with van der Waals surface area (Å²) < 4.78 is 35.3. The van der Waals surface area contributed by atoms with Gasteiger partial charge in [-0.25, -0.2) is 9.97 Å². The summed E-state index contributed by atoms with van der Waals surface area (Å²) in [5.74, 6) is -1.38. The molecule has 1 aliphatic rings. The van der Waals surface area contributed by atoms with Crippen molar-refractivity contribution in [3.63, 3.8) is 0 Å². The molecular formula is C15H13BrFN3O3S. The Morgan fingerprint density at radius 3 is 2.83 bits per heavy atom. The largest absolute Gasteiger partial charge is 0.302 e. The van der Waals surface area contributed by atoms with Gasteiger partial charge in [-0.1, -0.05) is 28.1 Å². The number of benzene rings is 1. The fraction of sp³-hybridized carbons (Fsp3) is 0.267. The lowest BCUT2D eigenvalue weighted by molar-refractivity contribution is -0.117. The maximum absolute atomic E-state index is 12.8. The van der Waals surface area contributed by atoms with Crippen molar-refractivity contribution in [2.45, 2.75) is 6.42 Å². The van der Waals surface area contributed by atoms with Crippen LogP contribution in [0.3, 0.4) is 0 Å². The smallest absolute Gasteiger partial charge is 0.280 e. The van der Waals surface area contributed by atoms with Crippen LogP contribution in [-0.2, 0) is 15.0 Å². The summed E-state index contributed by atoms with van der Waals surface area (Å²) >= 11 is 3.39. The van der Waals surface area contributed by atoms with Crippen molar-refractivity contribution in [3.8, 4) is 11.3 Å². The number of aromatic nitrogens is 2. The summed E-state index contributed by atoms with van der Waals surface area (Å²) in [5, 5.41) is 0. The highest BCUT2D eigenvalue weighted by Crippen LogP contribution is 2.26. The third kappa shape index (κ3) is 3.96. The van der Waals surface area contributed by atoms with E-state index in [2.05, 4.69) is 25.9 Å². The third-order valence-corrected chi connectivity index (χ3v) is 5.01. The zero-order chi connectivity index (χ0) is 17.3. The van der Waals surface area contributed by atoms with Crippen molar-refractivity contribution < 1.29 is 17.1 Å². The first-order valence-corrected chi connectivity index (χ1v) is 9.48. The Bertz CT molecular complexity index is 891. The van der Waals surface area contributed by atoms with Gasteiger partial charge in [0.25, 0.3) is 0 Å². The zero-order valence-electron chi connectivity index (χ0n) is 12.4. The van der Waals surface area contributed by atoms with E-state index >= 15 is 0 Å². The molecule has 24 heavy (non-hydrogen) atoms. The molecule has 1 amide bonds. The topological polar surface area (TPSA) is 80.2 Å². The Labute approximate surface area is 147 Å². The van der Waals surface area contributed by atoms with E-state index < -0.39 is 21.9 Å². The van der Waals surface area contributed by atoms with Crippen LogP contribution in [0.5, 0.6) is 0 Å². The zero-order valence-corrected chi connectivity index (χ0v) is 14.8. The Balaban J connectivity index is 1.85. The number of amides is 1. The summed E-state index contributed by atoms with van der Waals surface area (Å²) in [5.41, 5.74) is 1.48. The van der Waals surface area contributed by atoms with Crippen molar-refractivity contribution in [1.29, 1.82) is 0 Å². The number of anilines is 1. The SMILES string of the molecule is O=C1CC(CS(=O)(=O)F)CN1c1nccc(-c2cccc(Br)c2)n1. The average molecular weight is 414 g/mol. The normalized spacial score (nSPS) is 18.2. The molecule has 3 rings (SSSR count). The lowest BCUT2D eigenvalue weighted by atomic mass is 10.1. The van der Waals surface area contributed by atoms with E-state index in [1.165, 1.54) is 11.1 Å². The van der Waals surface area contributed by atoms with Gasteiger partial charge in [-0.2, -0.15) is 8.42 Å². The molecule has 1 aromatic carbocycles. The van der Waals surface area contributed by atoms with Crippen LogP contribution in [0.1, 0.15) is 6.42 Å². The van der Waals surface area contributed by atoms with Crippen molar-refractivity contribution in [1.82, 2.24) is 9.97 Å². The van der Waals surface area contributed by atoms with Gasteiger partial charge in [0.15, 0.2) is 0 Å². The number of halogens is 2. The van der Waals surface area contributed by atoms with E-state index in [1.54, 1.807) is 6.07 Å². The number of carbonyl (C=O) groups excluding carboxylic acids is 1. The standard InChI is InChI=1S/C15H13BrFN3O3S/c16-12-3-1-2-11(7-12)13-4-5-18-15(19-13)20-8-10(6-14(20)21)9-24(17,22)23/h1-5,7,10H,6,8-9H2. The summed E-state index contributed by atoms with van der Waals surface area (Å²) in [7, 11) is -4.62. The van der Waals surface area contributed by atoms with Crippen molar-refractivity contribution in [2.24, 2.45) is 5.92 Å². The third-order valence-electron chi connectivity index (χ3n) is 3.64. The first-order chi connectivity index (χ1) is 11.3. The van der Waals surface area contributed by atoms with Gasteiger partial charge in [-0.15, -0.1) is 3.89 Å². The van der Waals surface area contributed by atoms with Crippen LogP contribution in [0, 0.1) is 5.92 Å². The second kappa shape index (κ2) is 6.56. The Morgan fingerprint density at radius 2 is 2.12 bits per heavy atom. The first kappa shape index (κ1) is 17.0. The molecule has 0 spiro atoms. The molecule has 1 saturated heterocycles. The summed E-state index contributed by atoms with van der Waals surface area (Å²) in [6.07, 6.45) is 1.50. The van der Waals surface area contributed by atoms with Gasteiger partial charge in [0.05, 0.1) is 11.4 Å². The number of rotatable bonds is 4. The fourth-order valence-corrected chi connectivity index (χ4v) is 3.84.